The summed E-state index contributed by atoms with van der Waals surface area (Å²) in [7, 11) is -3.53. The van der Waals surface area contributed by atoms with Crippen molar-refractivity contribution in [1.29, 1.82) is 0 Å². The summed E-state index contributed by atoms with van der Waals surface area (Å²) in [6.45, 7) is 6.04. The third-order valence-electron chi connectivity index (χ3n) is 8.35. The lowest BCUT2D eigenvalue weighted by Crippen LogP contribution is -2.63. The van der Waals surface area contributed by atoms with Gasteiger partial charge in [0.1, 0.15) is 5.54 Å². The number of rotatable bonds is 6. The smallest absolute Gasteiger partial charge is 0.322 e. The largest absolute Gasteiger partial charge is 0.346 e. The SMILES string of the molecule is Cc1ncc(C(=O)NCc2cc3nc(-c4ccnc(N5C[C@@H](C)[C@@]6(C[C@@H]5C)NC(=O)NC6=O)n4)ccc3cn2)cc1S(C)(=O)=O. The molecule has 14 nitrogen and oxygen atoms in total. The van der Waals surface area contributed by atoms with Gasteiger partial charge >= 0.3 is 6.03 Å². The second-order valence-corrected chi connectivity index (χ2v) is 13.5. The summed E-state index contributed by atoms with van der Waals surface area (Å²) in [5, 5.41) is 8.76. The maximum Gasteiger partial charge on any atom is 0.322 e. The van der Waals surface area contributed by atoms with Gasteiger partial charge in [-0.2, -0.15) is 0 Å². The molecule has 0 unspecified atom stereocenters. The Hall–Kier alpha value is -5.05. The molecule has 2 aliphatic rings. The van der Waals surface area contributed by atoms with Crippen molar-refractivity contribution in [3.05, 3.63) is 65.9 Å². The van der Waals surface area contributed by atoms with E-state index >= 15 is 0 Å². The zero-order chi connectivity index (χ0) is 32.1. The summed E-state index contributed by atoms with van der Waals surface area (Å²) in [6, 6.07) is 7.99. The minimum atomic E-state index is -3.53. The molecule has 0 aromatic carbocycles. The highest BCUT2D eigenvalue weighted by molar-refractivity contribution is 7.90. The monoisotopic (exact) mass is 629 g/mol. The molecule has 2 fully saturated rings. The Morgan fingerprint density at radius 2 is 1.84 bits per heavy atom. The Labute approximate surface area is 259 Å². The van der Waals surface area contributed by atoms with Gasteiger partial charge in [0.05, 0.1) is 45.3 Å². The maximum atomic E-state index is 12.8. The van der Waals surface area contributed by atoms with Gasteiger partial charge in [-0.15, -0.1) is 0 Å². The van der Waals surface area contributed by atoms with E-state index in [2.05, 4.69) is 30.9 Å². The number of carbonyl (C=O) groups excluding carboxylic acids is 3. The maximum absolute atomic E-state index is 12.8. The molecule has 1 spiro atoms. The van der Waals surface area contributed by atoms with E-state index in [0.717, 1.165) is 11.6 Å². The van der Waals surface area contributed by atoms with Crippen LogP contribution in [-0.4, -0.2) is 75.6 Å². The second-order valence-electron chi connectivity index (χ2n) is 11.6. The Bertz CT molecular complexity index is 1990. The molecular weight excluding hydrogens is 598 g/mol. The van der Waals surface area contributed by atoms with E-state index in [0.29, 0.717) is 47.2 Å². The first kappa shape index (κ1) is 30.0. The molecule has 4 aromatic rings. The Kier molecular flexibility index (Phi) is 7.43. The number of pyridine rings is 3. The van der Waals surface area contributed by atoms with Gasteiger partial charge < -0.3 is 15.5 Å². The number of sulfone groups is 1. The summed E-state index contributed by atoms with van der Waals surface area (Å²) in [6.07, 6.45) is 6.16. The Morgan fingerprint density at radius 1 is 1.07 bits per heavy atom. The number of nitrogens with zero attached hydrogens (tertiary/aromatic N) is 6. The number of carbonyl (C=O) groups is 3. The predicted octanol–water partition coefficient (Wildman–Crippen LogP) is 1.94. The van der Waals surface area contributed by atoms with Crippen LogP contribution < -0.4 is 20.9 Å². The molecule has 3 atom stereocenters. The van der Waals surface area contributed by atoms with Crippen molar-refractivity contribution in [1.82, 2.24) is 40.9 Å². The number of aryl methyl sites for hydroxylation is 1. The lowest BCUT2D eigenvalue weighted by atomic mass is 9.76. The van der Waals surface area contributed by atoms with Crippen LogP contribution >= 0.6 is 0 Å². The van der Waals surface area contributed by atoms with Crippen LogP contribution in [0.25, 0.3) is 22.3 Å². The minimum Gasteiger partial charge on any atom is -0.346 e. The number of hydrogen-bond acceptors (Lipinski definition) is 11. The van der Waals surface area contributed by atoms with Crippen LogP contribution in [0.5, 0.6) is 0 Å². The van der Waals surface area contributed by atoms with Gasteiger partial charge in [0.25, 0.3) is 11.8 Å². The first-order valence-electron chi connectivity index (χ1n) is 14.3. The molecule has 6 rings (SSSR count). The fraction of sp³-hybridized carbons (Fsp3) is 0.333. The average molecular weight is 630 g/mol. The van der Waals surface area contributed by atoms with Crippen molar-refractivity contribution in [2.45, 2.75) is 50.2 Å². The average Bonchev–Trinajstić information content (AvgIpc) is 3.29. The van der Waals surface area contributed by atoms with Gasteiger partial charge in [0.2, 0.25) is 5.95 Å². The van der Waals surface area contributed by atoms with E-state index < -0.39 is 27.3 Å². The van der Waals surface area contributed by atoms with Crippen molar-refractivity contribution in [3.63, 3.8) is 0 Å². The molecule has 6 heterocycles. The molecule has 4 amide bonds. The second kappa shape index (κ2) is 11.1. The lowest BCUT2D eigenvalue weighted by molar-refractivity contribution is -0.126. The molecule has 4 aromatic heterocycles. The summed E-state index contributed by atoms with van der Waals surface area (Å²) in [4.78, 5) is 61.9. The van der Waals surface area contributed by atoms with Crippen molar-refractivity contribution >= 4 is 44.5 Å². The molecule has 2 saturated heterocycles. The molecule has 45 heavy (non-hydrogen) atoms. The quantitative estimate of drug-likeness (QED) is 0.264. The normalized spacial score (nSPS) is 21.6. The van der Waals surface area contributed by atoms with Gasteiger partial charge in [-0.05, 0) is 44.2 Å². The predicted molar refractivity (Wildman–Crippen MR) is 164 cm³/mol. The molecule has 15 heteroatoms. The summed E-state index contributed by atoms with van der Waals surface area (Å²) < 4.78 is 24.1. The zero-order valence-corrected chi connectivity index (χ0v) is 25.8. The van der Waals surface area contributed by atoms with Gasteiger partial charge in [-0.1, -0.05) is 6.92 Å². The van der Waals surface area contributed by atoms with Crippen LogP contribution in [-0.2, 0) is 21.2 Å². The van der Waals surface area contributed by atoms with Gasteiger partial charge in [0.15, 0.2) is 9.84 Å². The van der Waals surface area contributed by atoms with Crippen LogP contribution in [0.3, 0.4) is 0 Å². The van der Waals surface area contributed by atoms with Gasteiger partial charge in [0, 0.05) is 55.2 Å². The molecule has 0 aliphatic carbocycles. The summed E-state index contributed by atoms with van der Waals surface area (Å²) in [5.41, 5.74) is 1.92. The van der Waals surface area contributed by atoms with Crippen LogP contribution in [0.4, 0.5) is 10.7 Å². The van der Waals surface area contributed by atoms with Crippen molar-refractivity contribution in [2.24, 2.45) is 5.92 Å². The van der Waals surface area contributed by atoms with E-state index in [1.807, 2.05) is 30.9 Å². The number of imide groups is 1. The zero-order valence-electron chi connectivity index (χ0n) is 25.0. The number of amides is 4. The van der Waals surface area contributed by atoms with Gasteiger partial charge in [-0.3, -0.25) is 24.9 Å². The van der Waals surface area contributed by atoms with Crippen LogP contribution in [0.1, 0.15) is 42.0 Å². The number of anilines is 1. The third kappa shape index (κ3) is 5.66. The van der Waals surface area contributed by atoms with Crippen LogP contribution in [0.2, 0.25) is 0 Å². The Balaban J connectivity index is 1.20. The van der Waals surface area contributed by atoms with Crippen molar-refractivity contribution < 1.29 is 22.8 Å². The Morgan fingerprint density at radius 3 is 2.58 bits per heavy atom. The van der Waals surface area contributed by atoms with Crippen molar-refractivity contribution in [3.8, 4) is 11.4 Å². The highest BCUT2D eigenvalue weighted by Crippen LogP contribution is 2.36. The lowest BCUT2D eigenvalue weighted by Gasteiger charge is -2.46. The van der Waals surface area contributed by atoms with Crippen molar-refractivity contribution in [2.75, 3.05) is 17.7 Å². The van der Waals surface area contributed by atoms with Crippen LogP contribution in [0.15, 0.2) is 53.8 Å². The molecule has 3 N–H and O–H groups in total. The minimum absolute atomic E-state index is 0.00599. The summed E-state index contributed by atoms with van der Waals surface area (Å²) >= 11 is 0. The van der Waals surface area contributed by atoms with Gasteiger partial charge in [-0.25, -0.2) is 28.2 Å². The number of hydrogen-bond donors (Lipinski definition) is 3. The third-order valence-corrected chi connectivity index (χ3v) is 9.57. The van der Waals surface area contributed by atoms with E-state index in [-0.39, 0.29) is 34.9 Å². The topological polar surface area (TPSA) is 189 Å². The molecule has 0 radical (unpaired) electrons. The molecule has 232 valence electrons. The molecule has 0 bridgehead atoms. The number of fused-ring (bicyclic) bond motifs is 1. The molecule has 0 saturated carbocycles. The number of aromatic nitrogens is 5. The molecule has 2 aliphatic heterocycles. The highest BCUT2D eigenvalue weighted by Gasteiger charge is 2.54. The fourth-order valence-corrected chi connectivity index (χ4v) is 6.83. The number of urea groups is 1. The molecular formula is C30H31N9O5S. The fourth-order valence-electron chi connectivity index (χ4n) is 5.90. The van der Waals surface area contributed by atoms with E-state index in [1.54, 1.807) is 31.5 Å². The first-order chi connectivity index (χ1) is 21.3. The number of nitrogens with one attached hydrogen (secondary N) is 3. The number of piperidine rings is 1. The van der Waals surface area contributed by atoms with E-state index in [1.165, 1.54) is 12.3 Å². The first-order valence-corrected chi connectivity index (χ1v) is 16.2. The van der Waals surface area contributed by atoms with E-state index in [4.69, 9.17) is 9.97 Å². The van der Waals surface area contributed by atoms with E-state index in [9.17, 15) is 22.8 Å². The standard InChI is InChI=1S/C30H31N9O5S/c1-16-15-39(17(2)11-30(16)27(41)37-29(42)38-30)28-31-8-7-23(36-28)22-6-5-19-12-33-21(10-24(19)35-22)14-34-26(40)20-9-25(45(4,43)44)18(3)32-13-20/h5-10,12-13,16-17H,11,14-15H2,1-4H3,(H,34,40)(H2,37,38,41,42)/t16-,17+,30-/m1/s1. The highest BCUT2D eigenvalue weighted by atomic mass is 32.2. The summed E-state index contributed by atoms with van der Waals surface area (Å²) in [5.74, 6) is -0.464. The van der Waals surface area contributed by atoms with Crippen LogP contribution in [0, 0.1) is 12.8 Å².